The lowest BCUT2D eigenvalue weighted by Crippen LogP contribution is -2.03. The van der Waals surface area contributed by atoms with Crippen molar-refractivity contribution in [1.82, 2.24) is 9.13 Å². The summed E-state index contributed by atoms with van der Waals surface area (Å²) in [6.07, 6.45) is 0. The van der Waals surface area contributed by atoms with E-state index in [2.05, 4.69) is 160 Å². The van der Waals surface area contributed by atoms with Crippen LogP contribution in [0.5, 0.6) is 0 Å². The topological polar surface area (TPSA) is 38.0 Å². The van der Waals surface area contributed by atoms with Gasteiger partial charge in [0.05, 0.1) is 61.0 Å². The van der Waals surface area contributed by atoms with Gasteiger partial charge in [-0.1, -0.05) is 115 Å². The van der Waals surface area contributed by atoms with Crippen LogP contribution in [0, 0.1) is 17.9 Å². The van der Waals surface area contributed by atoms with Gasteiger partial charge in [-0.15, -0.1) is 22.7 Å². The Bertz CT molecular complexity index is 3750. The first-order chi connectivity index (χ1) is 27.7. The van der Waals surface area contributed by atoms with Gasteiger partial charge in [-0.25, -0.2) is 4.85 Å². The molecule has 0 saturated heterocycles. The van der Waals surface area contributed by atoms with Gasteiger partial charge in [0.1, 0.15) is 0 Å². The van der Waals surface area contributed by atoms with E-state index in [-0.39, 0.29) is 0 Å². The monoisotopic (exact) mass is 746 g/mol. The zero-order valence-electron chi connectivity index (χ0n) is 29.6. The van der Waals surface area contributed by atoms with Gasteiger partial charge in [0, 0.05) is 52.5 Å². The molecule has 0 bridgehead atoms. The van der Waals surface area contributed by atoms with Crippen molar-refractivity contribution < 1.29 is 0 Å². The first-order valence-electron chi connectivity index (χ1n) is 18.4. The number of fused-ring (bicyclic) bond motifs is 14. The minimum Gasteiger partial charge on any atom is -0.318 e. The second-order valence-corrected chi connectivity index (χ2v) is 16.3. The summed E-state index contributed by atoms with van der Waals surface area (Å²) in [5.74, 6) is 0. The predicted molar refractivity (Wildman–Crippen MR) is 237 cm³/mol. The minimum atomic E-state index is 0.548. The number of hydrogen-bond acceptors (Lipinski definition) is 3. The largest absolute Gasteiger partial charge is 0.318 e. The molecule has 0 fully saturated rings. The maximum absolute atomic E-state index is 10.0. The van der Waals surface area contributed by atoms with Crippen molar-refractivity contribution in [1.29, 1.82) is 5.26 Å². The summed E-state index contributed by atoms with van der Waals surface area (Å²) < 4.78 is 9.52. The van der Waals surface area contributed by atoms with Gasteiger partial charge in [-0.2, -0.15) is 5.26 Å². The Labute approximate surface area is 328 Å². The third-order valence-electron chi connectivity index (χ3n) is 11.4. The van der Waals surface area contributed by atoms with Crippen molar-refractivity contribution in [2.75, 3.05) is 0 Å². The second-order valence-electron chi connectivity index (χ2n) is 14.2. The molecule has 12 aromatic rings. The first-order valence-corrected chi connectivity index (χ1v) is 20.1. The molecule has 0 N–H and O–H groups in total. The third-order valence-corrected chi connectivity index (χ3v) is 13.8. The fraction of sp³-hybridized carbons (Fsp3) is 0. The summed E-state index contributed by atoms with van der Waals surface area (Å²) in [7, 11) is 0. The summed E-state index contributed by atoms with van der Waals surface area (Å²) in [6, 6.07) is 57.7. The van der Waals surface area contributed by atoms with Gasteiger partial charge >= 0.3 is 0 Å². The number of nitriles is 1. The summed E-state index contributed by atoms with van der Waals surface area (Å²) in [5, 5.41) is 19.5. The molecule has 0 aliphatic rings. The lowest BCUT2D eigenvalue weighted by Gasteiger charge is -2.20. The highest BCUT2D eigenvalue weighted by Gasteiger charge is 2.27. The Morgan fingerprint density at radius 3 is 1.64 bits per heavy atom. The number of para-hydroxylation sites is 2. The molecule has 0 atom stereocenters. The number of hydrogen-bond donors (Lipinski definition) is 0. The van der Waals surface area contributed by atoms with E-state index >= 15 is 0 Å². The van der Waals surface area contributed by atoms with Crippen molar-refractivity contribution >= 4 is 112 Å². The summed E-state index contributed by atoms with van der Waals surface area (Å²) in [6.45, 7) is 9.15. The van der Waals surface area contributed by atoms with Crippen LogP contribution in [0.25, 0.3) is 111 Å². The number of rotatable bonds is 3. The summed E-state index contributed by atoms with van der Waals surface area (Å²) in [4.78, 5) is 4.53. The fourth-order valence-corrected chi connectivity index (χ4v) is 11.5. The number of thiophene rings is 2. The lowest BCUT2D eigenvalue weighted by atomic mass is 9.99. The molecule has 6 heteroatoms. The molecular formula is C50H26N4S2. The minimum absolute atomic E-state index is 0.548. The van der Waals surface area contributed by atoms with Crippen LogP contribution in [-0.2, 0) is 0 Å². The molecule has 12 rings (SSSR count). The van der Waals surface area contributed by atoms with Gasteiger partial charge in [-0.05, 0) is 53.6 Å². The Morgan fingerprint density at radius 2 is 1.04 bits per heavy atom. The van der Waals surface area contributed by atoms with Crippen LogP contribution in [0.3, 0.4) is 0 Å². The highest BCUT2D eigenvalue weighted by Crippen LogP contribution is 2.50. The number of aromatic nitrogens is 2. The van der Waals surface area contributed by atoms with E-state index in [0.717, 1.165) is 66.1 Å². The fourth-order valence-electron chi connectivity index (χ4n) is 9.02. The average Bonchev–Trinajstić information content (AvgIpc) is 4.01. The third kappa shape index (κ3) is 4.15. The Kier molecular flexibility index (Phi) is 6.48. The number of nitrogens with zero attached hydrogens (tertiary/aromatic N) is 4. The van der Waals surface area contributed by atoms with Crippen LogP contribution in [-0.4, -0.2) is 9.13 Å². The summed E-state index contributed by atoms with van der Waals surface area (Å²) in [5.41, 5.74) is 8.80. The van der Waals surface area contributed by atoms with Crippen LogP contribution in [0.2, 0.25) is 0 Å². The molecule has 0 radical (unpaired) electrons. The highest BCUT2D eigenvalue weighted by molar-refractivity contribution is 7.27. The van der Waals surface area contributed by atoms with Crippen molar-refractivity contribution in [2.24, 2.45) is 0 Å². The van der Waals surface area contributed by atoms with Gasteiger partial charge < -0.3 is 9.13 Å². The van der Waals surface area contributed by atoms with Gasteiger partial charge in [0.25, 0.3) is 0 Å². The van der Waals surface area contributed by atoms with Gasteiger partial charge in [0.15, 0.2) is 0 Å². The van der Waals surface area contributed by atoms with E-state index in [1.807, 2.05) is 29.5 Å². The van der Waals surface area contributed by atoms with E-state index in [1.54, 1.807) is 11.3 Å². The summed E-state index contributed by atoms with van der Waals surface area (Å²) >= 11 is 3.61. The maximum Gasteiger partial charge on any atom is 0.234 e. The molecule has 4 aromatic heterocycles. The van der Waals surface area contributed by atoms with Crippen molar-refractivity contribution in [3.63, 3.8) is 0 Å². The van der Waals surface area contributed by atoms with Crippen LogP contribution in [0.15, 0.2) is 158 Å². The smallest absolute Gasteiger partial charge is 0.234 e. The Balaban J connectivity index is 1.30. The van der Waals surface area contributed by atoms with Crippen molar-refractivity contribution in [3.05, 3.63) is 175 Å². The molecule has 56 heavy (non-hydrogen) atoms. The predicted octanol–water partition coefficient (Wildman–Crippen LogP) is 14.7. The molecular weight excluding hydrogens is 721 g/mol. The zero-order chi connectivity index (χ0) is 37.1. The molecule has 258 valence electrons. The quantitative estimate of drug-likeness (QED) is 0.166. The van der Waals surface area contributed by atoms with E-state index in [9.17, 15) is 5.26 Å². The van der Waals surface area contributed by atoms with Crippen LogP contribution in [0.4, 0.5) is 5.69 Å². The molecule has 4 nitrogen and oxygen atoms in total. The van der Waals surface area contributed by atoms with E-state index in [0.29, 0.717) is 11.3 Å². The average molecular weight is 747 g/mol. The Hall–Kier alpha value is -7.22. The molecule has 0 unspecified atom stereocenters. The molecule has 4 heterocycles. The van der Waals surface area contributed by atoms with Gasteiger partial charge in [0.2, 0.25) is 5.69 Å². The lowest BCUT2D eigenvalue weighted by molar-refractivity contribution is 1.15. The molecule has 0 aliphatic carbocycles. The maximum atomic E-state index is 10.0. The van der Waals surface area contributed by atoms with E-state index < -0.39 is 0 Å². The molecule has 0 spiro atoms. The highest BCUT2D eigenvalue weighted by atomic mass is 32.1. The second kappa shape index (κ2) is 11.6. The van der Waals surface area contributed by atoms with Gasteiger partial charge in [-0.3, -0.25) is 0 Å². The van der Waals surface area contributed by atoms with Crippen molar-refractivity contribution in [2.45, 2.75) is 0 Å². The molecule has 0 aliphatic heterocycles. The van der Waals surface area contributed by atoms with Crippen molar-refractivity contribution in [3.8, 4) is 28.6 Å². The first kappa shape index (κ1) is 31.2. The zero-order valence-corrected chi connectivity index (χ0v) is 31.2. The van der Waals surface area contributed by atoms with E-state index in [1.165, 1.54) is 40.3 Å². The Morgan fingerprint density at radius 1 is 0.500 bits per heavy atom. The van der Waals surface area contributed by atoms with E-state index in [4.69, 9.17) is 6.57 Å². The van der Waals surface area contributed by atoms with Crippen LogP contribution in [0.1, 0.15) is 5.56 Å². The molecule has 0 amide bonds. The number of benzene rings is 8. The van der Waals surface area contributed by atoms with Crippen LogP contribution >= 0.6 is 22.7 Å². The van der Waals surface area contributed by atoms with Crippen LogP contribution < -0.4 is 0 Å². The molecule has 0 saturated carbocycles. The SMILES string of the molecule is [C-]#[N+]c1c(-n2c3ccccc3c3ccc4c5ccccc5sc4c32)ccc(-c2cccc(C#N)c2)c1-n1c2ccccc2c2ccc3c4ccccc4sc3c21. The standard InChI is InChI=1S/C50H26N4S2/c1-52-45-42(53-40-17-6-2-13-32(40)36-21-23-38-34-15-4-8-19-43(34)55-49(38)47(36)53)26-25-31(30-12-10-11-29(27-30)28-51)46(45)54-41-18-7-3-14-33(41)37-22-24-39-35-16-5-9-20-44(35)56-50(39)48(37)54/h2-27H. The molecule has 8 aromatic carbocycles. The normalized spacial score (nSPS) is 11.9.